The summed E-state index contributed by atoms with van der Waals surface area (Å²) in [7, 11) is 2.14. The zero-order chi connectivity index (χ0) is 20.5. The molecular formula is C21H20N6OS2. The maximum atomic E-state index is 12.4. The summed E-state index contributed by atoms with van der Waals surface area (Å²) in [5, 5.41) is 10.4. The quantitative estimate of drug-likeness (QED) is 0.488. The lowest BCUT2D eigenvalue weighted by molar-refractivity contribution is 0.103. The minimum atomic E-state index is -0.170. The zero-order valence-electron chi connectivity index (χ0n) is 16.3. The van der Waals surface area contributed by atoms with Crippen LogP contribution in [0, 0.1) is 0 Å². The summed E-state index contributed by atoms with van der Waals surface area (Å²) in [6.07, 6.45) is 2.76. The highest BCUT2D eigenvalue weighted by Gasteiger charge is 2.21. The van der Waals surface area contributed by atoms with Crippen molar-refractivity contribution in [3.8, 4) is 11.4 Å². The molecule has 0 radical (unpaired) electrons. The molecule has 1 unspecified atom stereocenters. The summed E-state index contributed by atoms with van der Waals surface area (Å²) in [5.74, 6) is 1.79. The fourth-order valence-corrected chi connectivity index (χ4v) is 4.96. The predicted octanol–water partition coefficient (Wildman–Crippen LogP) is 4.18. The van der Waals surface area contributed by atoms with Crippen molar-refractivity contribution in [1.29, 1.82) is 0 Å². The van der Waals surface area contributed by atoms with Crippen molar-refractivity contribution in [3.05, 3.63) is 52.2 Å². The standard InChI is InChI=1S/C21H20N6OS2/c1-27-8-5-14(12-27)23-20-18-15(6-10-30-18)24-19(26-20)13-4-7-22-17(11-13)25-21(28)16-3-2-9-29-16/h2-4,6-7,9-11,14H,5,8,12H2,1H3,(H,22,25,28)(H,23,24,26). The second kappa shape index (κ2) is 8.10. The van der Waals surface area contributed by atoms with Gasteiger partial charge in [-0.05, 0) is 55.0 Å². The fourth-order valence-electron chi connectivity index (χ4n) is 3.56. The van der Waals surface area contributed by atoms with E-state index in [9.17, 15) is 4.79 Å². The third-order valence-electron chi connectivity index (χ3n) is 5.04. The molecule has 0 bridgehead atoms. The summed E-state index contributed by atoms with van der Waals surface area (Å²) in [6.45, 7) is 2.08. The Balaban J connectivity index is 1.45. The average molecular weight is 437 g/mol. The number of likely N-dealkylation sites (N-methyl/N-ethyl adjacent to an activating group) is 1. The van der Waals surface area contributed by atoms with Crippen molar-refractivity contribution in [2.75, 3.05) is 30.8 Å². The van der Waals surface area contributed by atoms with Crippen LogP contribution in [0.2, 0.25) is 0 Å². The van der Waals surface area contributed by atoms with Crippen LogP contribution in [0.4, 0.5) is 11.6 Å². The number of rotatable bonds is 5. The second-order valence-corrected chi connectivity index (χ2v) is 9.15. The van der Waals surface area contributed by atoms with Gasteiger partial charge in [-0.1, -0.05) is 6.07 Å². The summed E-state index contributed by atoms with van der Waals surface area (Å²) in [5.41, 5.74) is 1.73. The molecule has 1 saturated heterocycles. The van der Waals surface area contributed by atoms with Crippen molar-refractivity contribution < 1.29 is 4.79 Å². The molecule has 1 amide bonds. The first-order chi connectivity index (χ1) is 14.7. The van der Waals surface area contributed by atoms with E-state index in [-0.39, 0.29) is 5.91 Å². The van der Waals surface area contributed by atoms with E-state index in [1.807, 2.05) is 35.0 Å². The largest absolute Gasteiger partial charge is 0.365 e. The first kappa shape index (κ1) is 19.1. The summed E-state index contributed by atoms with van der Waals surface area (Å²) in [6, 6.07) is 9.70. The summed E-state index contributed by atoms with van der Waals surface area (Å²) in [4.78, 5) is 29.2. The van der Waals surface area contributed by atoms with Crippen molar-refractivity contribution in [1.82, 2.24) is 19.9 Å². The fraction of sp³-hybridized carbons (Fsp3) is 0.238. The Morgan fingerprint density at radius 2 is 2.13 bits per heavy atom. The molecule has 1 aliphatic heterocycles. The Labute approximate surface area is 181 Å². The molecule has 1 aliphatic rings. The molecule has 1 fully saturated rings. The number of likely N-dealkylation sites (tertiary alicyclic amines) is 1. The van der Waals surface area contributed by atoms with Crippen LogP contribution >= 0.6 is 22.7 Å². The van der Waals surface area contributed by atoms with Gasteiger partial charge >= 0.3 is 0 Å². The number of pyridine rings is 1. The minimum absolute atomic E-state index is 0.170. The van der Waals surface area contributed by atoms with Crippen LogP contribution in [0.3, 0.4) is 0 Å². The first-order valence-corrected chi connectivity index (χ1v) is 11.4. The van der Waals surface area contributed by atoms with Gasteiger partial charge in [0.1, 0.15) is 11.6 Å². The molecule has 0 saturated carbocycles. The lowest BCUT2D eigenvalue weighted by atomic mass is 10.2. The lowest BCUT2D eigenvalue weighted by Gasteiger charge is -2.15. The van der Waals surface area contributed by atoms with Gasteiger partial charge < -0.3 is 15.5 Å². The maximum Gasteiger partial charge on any atom is 0.266 e. The SMILES string of the molecule is CN1CCC(Nc2nc(-c3ccnc(NC(=O)c4cccs4)c3)nc3ccsc23)C1. The predicted molar refractivity (Wildman–Crippen MR) is 122 cm³/mol. The molecule has 7 nitrogen and oxygen atoms in total. The molecule has 152 valence electrons. The molecule has 9 heteroatoms. The average Bonchev–Trinajstić information content (AvgIpc) is 3.50. The van der Waals surface area contributed by atoms with Crippen molar-refractivity contribution in [3.63, 3.8) is 0 Å². The van der Waals surface area contributed by atoms with Gasteiger partial charge in [-0.15, -0.1) is 22.7 Å². The number of aromatic nitrogens is 3. The minimum Gasteiger partial charge on any atom is -0.365 e. The normalized spacial score (nSPS) is 16.8. The number of amides is 1. The number of carbonyl (C=O) groups excluding carboxylic acids is 1. The summed E-state index contributed by atoms with van der Waals surface area (Å²) < 4.78 is 1.06. The van der Waals surface area contributed by atoms with Crippen LogP contribution < -0.4 is 10.6 Å². The molecule has 2 N–H and O–H groups in total. The highest BCUT2D eigenvalue weighted by molar-refractivity contribution is 7.17. The van der Waals surface area contributed by atoms with Crippen molar-refractivity contribution in [2.24, 2.45) is 0 Å². The topological polar surface area (TPSA) is 83.0 Å². The first-order valence-electron chi connectivity index (χ1n) is 9.67. The van der Waals surface area contributed by atoms with E-state index in [2.05, 4.69) is 27.6 Å². The second-order valence-electron chi connectivity index (χ2n) is 7.28. The zero-order valence-corrected chi connectivity index (χ0v) is 18.0. The van der Waals surface area contributed by atoms with Gasteiger partial charge in [0.2, 0.25) is 0 Å². The Hall–Kier alpha value is -2.88. The smallest absolute Gasteiger partial charge is 0.266 e. The Bertz CT molecular complexity index is 1190. The highest BCUT2D eigenvalue weighted by Crippen LogP contribution is 2.30. The molecule has 4 aromatic heterocycles. The van der Waals surface area contributed by atoms with Crippen LogP contribution in [-0.4, -0.2) is 51.9 Å². The number of nitrogens with one attached hydrogen (secondary N) is 2. The maximum absolute atomic E-state index is 12.4. The van der Waals surface area contributed by atoms with Gasteiger partial charge in [-0.25, -0.2) is 15.0 Å². The van der Waals surface area contributed by atoms with Gasteiger partial charge in [-0.3, -0.25) is 4.79 Å². The number of thiophene rings is 2. The molecule has 0 aliphatic carbocycles. The third-order valence-corrected chi connectivity index (χ3v) is 6.82. The molecule has 30 heavy (non-hydrogen) atoms. The van der Waals surface area contributed by atoms with Crippen LogP contribution in [-0.2, 0) is 0 Å². The molecule has 1 atom stereocenters. The van der Waals surface area contributed by atoms with Gasteiger partial charge in [0.25, 0.3) is 5.91 Å². The van der Waals surface area contributed by atoms with Crippen LogP contribution in [0.5, 0.6) is 0 Å². The van der Waals surface area contributed by atoms with Gasteiger partial charge in [0.05, 0.1) is 15.1 Å². The van der Waals surface area contributed by atoms with E-state index in [0.717, 1.165) is 41.1 Å². The molecule has 5 rings (SSSR count). The number of anilines is 2. The monoisotopic (exact) mass is 436 g/mol. The van der Waals surface area contributed by atoms with Crippen LogP contribution in [0.1, 0.15) is 16.1 Å². The van der Waals surface area contributed by atoms with E-state index < -0.39 is 0 Å². The molecule has 0 spiro atoms. The van der Waals surface area contributed by atoms with E-state index in [4.69, 9.17) is 9.97 Å². The van der Waals surface area contributed by atoms with Gasteiger partial charge in [0, 0.05) is 24.3 Å². The van der Waals surface area contributed by atoms with Gasteiger partial charge in [-0.2, -0.15) is 0 Å². The van der Waals surface area contributed by atoms with Crippen LogP contribution in [0.15, 0.2) is 47.3 Å². The number of fused-ring (bicyclic) bond motifs is 1. The number of carbonyl (C=O) groups is 1. The lowest BCUT2D eigenvalue weighted by Crippen LogP contribution is -2.24. The Morgan fingerprint density at radius 3 is 2.93 bits per heavy atom. The van der Waals surface area contributed by atoms with Crippen molar-refractivity contribution >= 4 is 50.4 Å². The Morgan fingerprint density at radius 1 is 1.20 bits per heavy atom. The molecular weight excluding hydrogens is 416 g/mol. The Kier molecular flexibility index (Phi) is 5.16. The number of nitrogens with zero attached hydrogens (tertiary/aromatic N) is 4. The van der Waals surface area contributed by atoms with Crippen molar-refractivity contribution in [2.45, 2.75) is 12.5 Å². The molecule has 4 aromatic rings. The van der Waals surface area contributed by atoms with Crippen LogP contribution in [0.25, 0.3) is 21.6 Å². The van der Waals surface area contributed by atoms with Gasteiger partial charge in [0.15, 0.2) is 5.82 Å². The van der Waals surface area contributed by atoms with E-state index in [0.29, 0.717) is 22.6 Å². The van der Waals surface area contributed by atoms with E-state index in [1.54, 1.807) is 23.6 Å². The molecule has 5 heterocycles. The summed E-state index contributed by atoms with van der Waals surface area (Å²) >= 11 is 3.04. The van der Waals surface area contributed by atoms with E-state index >= 15 is 0 Å². The molecule has 0 aromatic carbocycles. The number of hydrogen-bond acceptors (Lipinski definition) is 8. The van der Waals surface area contributed by atoms with E-state index in [1.165, 1.54) is 11.3 Å². The highest BCUT2D eigenvalue weighted by atomic mass is 32.1. The number of hydrogen-bond donors (Lipinski definition) is 2. The third kappa shape index (κ3) is 3.91.